The van der Waals surface area contributed by atoms with E-state index in [1.54, 1.807) is 24.3 Å². The number of para-hydroxylation sites is 1. The van der Waals surface area contributed by atoms with Crippen LogP contribution in [0.4, 0.5) is 5.69 Å². The van der Waals surface area contributed by atoms with Gasteiger partial charge in [-0.15, -0.1) is 0 Å². The number of carbonyl (C=O) groups excluding carboxylic acids is 4. The van der Waals surface area contributed by atoms with E-state index in [1.807, 2.05) is 0 Å². The number of ketones is 1. The maximum Gasteiger partial charge on any atom is 0.338 e. The molecule has 2 amide bonds. The van der Waals surface area contributed by atoms with Gasteiger partial charge in [-0.3, -0.25) is 14.4 Å². The molecule has 0 radical (unpaired) electrons. The van der Waals surface area contributed by atoms with E-state index in [-0.39, 0.29) is 33.2 Å². The van der Waals surface area contributed by atoms with E-state index >= 15 is 0 Å². The Bertz CT molecular complexity index is 1020. The van der Waals surface area contributed by atoms with Crippen molar-refractivity contribution in [3.05, 3.63) is 64.2 Å². The molecule has 1 aliphatic heterocycles. The maximum atomic E-state index is 12.8. The maximum absolute atomic E-state index is 12.8. The van der Waals surface area contributed by atoms with Crippen molar-refractivity contribution in [3.8, 4) is 0 Å². The number of ether oxygens (including phenoxy) is 1. The number of carbonyl (C=O) groups is 4. The molecule has 1 unspecified atom stereocenters. The normalized spacial score (nSPS) is 19.0. The lowest BCUT2D eigenvalue weighted by Gasteiger charge is -2.20. The summed E-state index contributed by atoms with van der Waals surface area (Å²) in [4.78, 5) is 50.8. The number of hydrogen-bond acceptors (Lipinski definition) is 5. The molecule has 2 aromatic carbocycles. The van der Waals surface area contributed by atoms with Crippen LogP contribution in [0.2, 0.25) is 5.02 Å². The monoisotopic (exact) mass is 397 g/mol. The minimum absolute atomic E-state index is 0.0862. The summed E-state index contributed by atoms with van der Waals surface area (Å²) < 4.78 is 5.32. The summed E-state index contributed by atoms with van der Waals surface area (Å²) in [5.74, 6) is -1.83. The Balaban J connectivity index is 1.61. The number of amides is 2. The number of benzene rings is 2. The molecular formula is C21H16ClNO5. The number of halogens is 1. The predicted octanol–water partition coefficient (Wildman–Crippen LogP) is 3.81. The van der Waals surface area contributed by atoms with Crippen LogP contribution in [0, 0.1) is 0 Å². The van der Waals surface area contributed by atoms with Gasteiger partial charge in [0.1, 0.15) is 0 Å². The molecule has 6 nitrogen and oxygen atoms in total. The van der Waals surface area contributed by atoms with E-state index in [4.69, 9.17) is 16.3 Å². The van der Waals surface area contributed by atoms with Gasteiger partial charge in [-0.25, -0.2) is 9.69 Å². The summed E-state index contributed by atoms with van der Waals surface area (Å²) in [5, 5.41) is 0.271. The van der Waals surface area contributed by atoms with Crippen molar-refractivity contribution >= 4 is 40.9 Å². The molecule has 2 aliphatic rings. The summed E-state index contributed by atoms with van der Waals surface area (Å²) in [7, 11) is 0. The molecule has 0 bridgehead atoms. The third-order valence-electron chi connectivity index (χ3n) is 4.96. The molecule has 0 saturated heterocycles. The largest absolute Gasteiger partial charge is 0.451 e. The first-order chi connectivity index (χ1) is 13.5. The third-order valence-corrected chi connectivity index (χ3v) is 5.28. The van der Waals surface area contributed by atoms with E-state index in [9.17, 15) is 19.2 Å². The number of imide groups is 1. The molecule has 2 aromatic rings. The SMILES string of the molecule is O=C(OC1CCCCC1=O)c1ccc2c(c1)C(=O)N(c1ccccc1Cl)C2=O. The molecule has 28 heavy (non-hydrogen) atoms. The number of rotatable bonds is 3. The van der Waals surface area contributed by atoms with Crippen molar-refractivity contribution in [3.63, 3.8) is 0 Å². The highest BCUT2D eigenvalue weighted by Gasteiger charge is 2.38. The van der Waals surface area contributed by atoms with Gasteiger partial charge in [-0.2, -0.15) is 0 Å². The number of anilines is 1. The first-order valence-corrected chi connectivity index (χ1v) is 9.36. The van der Waals surface area contributed by atoms with Gasteiger partial charge in [0.05, 0.1) is 27.4 Å². The molecule has 1 fully saturated rings. The van der Waals surface area contributed by atoms with Gasteiger partial charge in [-0.1, -0.05) is 23.7 Å². The summed E-state index contributed by atoms with van der Waals surface area (Å²) in [6.45, 7) is 0. The van der Waals surface area contributed by atoms with Crippen LogP contribution in [-0.4, -0.2) is 29.7 Å². The smallest absolute Gasteiger partial charge is 0.338 e. The molecule has 1 heterocycles. The van der Waals surface area contributed by atoms with Gasteiger partial charge in [-0.05, 0) is 49.6 Å². The van der Waals surface area contributed by atoms with Crippen molar-refractivity contribution in [2.45, 2.75) is 31.8 Å². The van der Waals surface area contributed by atoms with E-state index in [0.29, 0.717) is 12.8 Å². The van der Waals surface area contributed by atoms with Crippen molar-refractivity contribution in [2.24, 2.45) is 0 Å². The van der Waals surface area contributed by atoms with Crippen LogP contribution in [0.3, 0.4) is 0 Å². The van der Waals surface area contributed by atoms with Crippen LogP contribution < -0.4 is 4.90 Å². The lowest BCUT2D eigenvalue weighted by molar-refractivity contribution is -0.129. The average molecular weight is 398 g/mol. The summed E-state index contributed by atoms with van der Waals surface area (Å²) in [6.07, 6.45) is 1.80. The highest BCUT2D eigenvalue weighted by molar-refractivity contribution is 6.39. The number of esters is 1. The fourth-order valence-corrected chi connectivity index (χ4v) is 3.71. The van der Waals surface area contributed by atoms with Gasteiger partial charge in [0.2, 0.25) is 0 Å². The van der Waals surface area contributed by atoms with Crippen molar-refractivity contribution in [2.75, 3.05) is 4.90 Å². The molecule has 1 atom stereocenters. The zero-order chi connectivity index (χ0) is 19.8. The van der Waals surface area contributed by atoms with Crippen molar-refractivity contribution in [1.29, 1.82) is 0 Å². The van der Waals surface area contributed by atoms with Crippen LogP contribution in [0.1, 0.15) is 56.8 Å². The first kappa shape index (κ1) is 18.4. The number of Topliss-reactive ketones (excluding diaryl/α,β-unsaturated/α-hetero) is 1. The second kappa shape index (κ2) is 7.20. The molecular weight excluding hydrogens is 382 g/mol. The standard InChI is InChI=1S/C21H16ClNO5/c22-15-5-1-2-6-16(15)23-19(25)13-10-9-12(11-14(13)20(23)26)21(27)28-18-8-4-3-7-17(18)24/h1-2,5-6,9-11,18H,3-4,7-8H2. The molecule has 7 heteroatoms. The molecule has 0 spiro atoms. The zero-order valence-corrected chi connectivity index (χ0v) is 15.6. The molecule has 1 aliphatic carbocycles. The number of fused-ring (bicyclic) bond motifs is 1. The Morgan fingerprint density at radius 1 is 1.00 bits per heavy atom. The Labute approximate surface area is 166 Å². The van der Waals surface area contributed by atoms with E-state index in [0.717, 1.165) is 17.7 Å². The van der Waals surface area contributed by atoms with Crippen molar-refractivity contribution in [1.82, 2.24) is 0 Å². The average Bonchev–Trinajstić information content (AvgIpc) is 2.94. The van der Waals surface area contributed by atoms with Crippen LogP contribution >= 0.6 is 11.6 Å². The molecule has 142 valence electrons. The van der Waals surface area contributed by atoms with Gasteiger partial charge in [0, 0.05) is 6.42 Å². The van der Waals surface area contributed by atoms with Crippen LogP contribution in [0.15, 0.2) is 42.5 Å². The van der Waals surface area contributed by atoms with Crippen LogP contribution in [-0.2, 0) is 9.53 Å². The first-order valence-electron chi connectivity index (χ1n) is 8.98. The fourth-order valence-electron chi connectivity index (χ4n) is 3.49. The van der Waals surface area contributed by atoms with Crippen LogP contribution in [0.5, 0.6) is 0 Å². The minimum atomic E-state index is -0.744. The quantitative estimate of drug-likeness (QED) is 0.581. The van der Waals surface area contributed by atoms with Gasteiger partial charge >= 0.3 is 5.97 Å². The Morgan fingerprint density at radius 2 is 1.75 bits per heavy atom. The number of hydrogen-bond donors (Lipinski definition) is 0. The van der Waals surface area contributed by atoms with E-state index < -0.39 is 23.9 Å². The zero-order valence-electron chi connectivity index (χ0n) is 14.8. The van der Waals surface area contributed by atoms with Crippen LogP contribution in [0.25, 0.3) is 0 Å². The highest BCUT2D eigenvalue weighted by Crippen LogP contribution is 2.33. The fraction of sp³-hybridized carbons (Fsp3) is 0.238. The topological polar surface area (TPSA) is 80.8 Å². The lowest BCUT2D eigenvalue weighted by atomic mass is 9.96. The summed E-state index contributed by atoms with van der Waals surface area (Å²) >= 11 is 6.13. The highest BCUT2D eigenvalue weighted by atomic mass is 35.5. The predicted molar refractivity (Wildman–Crippen MR) is 102 cm³/mol. The summed E-state index contributed by atoms with van der Waals surface area (Å²) in [6, 6.07) is 10.7. The Hall–Kier alpha value is -2.99. The Kier molecular flexibility index (Phi) is 4.73. The molecule has 0 aromatic heterocycles. The second-order valence-corrected chi connectivity index (χ2v) is 7.17. The summed E-state index contributed by atoms with van der Waals surface area (Å²) in [5.41, 5.74) is 0.705. The Morgan fingerprint density at radius 3 is 2.50 bits per heavy atom. The molecule has 0 N–H and O–H groups in total. The van der Waals surface area contributed by atoms with E-state index in [2.05, 4.69) is 0 Å². The van der Waals surface area contributed by atoms with Crippen molar-refractivity contribution < 1.29 is 23.9 Å². The third kappa shape index (κ3) is 3.10. The second-order valence-electron chi connectivity index (χ2n) is 6.76. The van der Waals surface area contributed by atoms with Gasteiger partial charge < -0.3 is 4.74 Å². The minimum Gasteiger partial charge on any atom is -0.451 e. The molecule has 1 saturated carbocycles. The lowest BCUT2D eigenvalue weighted by Crippen LogP contribution is -2.30. The van der Waals surface area contributed by atoms with Gasteiger partial charge in [0.15, 0.2) is 11.9 Å². The number of nitrogens with zero attached hydrogens (tertiary/aromatic N) is 1. The van der Waals surface area contributed by atoms with E-state index in [1.165, 1.54) is 18.2 Å². The van der Waals surface area contributed by atoms with Gasteiger partial charge in [0.25, 0.3) is 11.8 Å². The molecule has 4 rings (SSSR count).